The van der Waals surface area contributed by atoms with Crippen molar-refractivity contribution in [1.29, 1.82) is 0 Å². The molecule has 2 aromatic rings. The van der Waals surface area contributed by atoms with Crippen molar-refractivity contribution in [3.05, 3.63) is 35.4 Å². The number of hydrogen-bond acceptors (Lipinski definition) is 3. The quantitative estimate of drug-likeness (QED) is 0.790. The van der Waals surface area contributed by atoms with Gasteiger partial charge in [-0.3, -0.25) is 0 Å². The number of likely N-dealkylation sites (tertiary alicyclic amines) is 1. The summed E-state index contributed by atoms with van der Waals surface area (Å²) in [6.45, 7) is 3.41. The number of piperidine rings is 1. The van der Waals surface area contributed by atoms with Gasteiger partial charge in [0.15, 0.2) is 0 Å². The summed E-state index contributed by atoms with van der Waals surface area (Å²) < 4.78 is 2.26. The van der Waals surface area contributed by atoms with Crippen LogP contribution in [0.2, 0.25) is 0 Å². The van der Waals surface area contributed by atoms with Crippen LogP contribution in [0.15, 0.2) is 35.6 Å². The number of aromatic nitrogens is 1. The highest BCUT2D eigenvalue weighted by atomic mass is 16.3. The Morgan fingerprint density at radius 3 is 2.79 bits per heavy atom. The first-order valence-electron chi connectivity index (χ1n) is 6.87. The van der Waals surface area contributed by atoms with E-state index in [-0.39, 0.29) is 0 Å². The molecule has 4 heteroatoms. The summed E-state index contributed by atoms with van der Waals surface area (Å²) in [5.41, 5.74) is 1.63. The van der Waals surface area contributed by atoms with E-state index in [0.717, 1.165) is 18.0 Å². The summed E-state index contributed by atoms with van der Waals surface area (Å²) in [7, 11) is 2.18. The van der Waals surface area contributed by atoms with E-state index in [1.165, 1.54) is 31.3 Å². The third kappa shape index (κ3) is 2.54. The fourth-order valence-corrected chi connectivity index (χ4v) is 2.91. The van der Waals surface area contributed by atoms with E-state index in [2.05, 4.69) is 34.0 Å². The Hall–Kier alpha value is -1.68. The van der Waals surface area contributed by atoms with Crippen molar-refractivity contribution in [3.63, 3.8) is 0 Å². The highest BCUT2D eigenvalue weighted by Crippen LogP contribution is 2.25. The zero-order chi connectivity index (χ0) is 13.2. The van der Waals surface area contributed by atoms with Gasteiger partial charge in [-0.05, 0) is 67.7 Å². The van der Waals surface area contributed by atoms with Crippen LogP contribution in [0.1, 0.15) is 12.8 Å². The van der Waals surface area contributed by atoms with Gasteiger partial charge in [-0.1, -0.05) is 6.07 Å². The molecule has 1 aliphatic heterocycles. The standard InChI is InChI=1S/C15H19N3O/c1-17-7-4-12(5-8-17)11-18-9-6-13-2-3-14(16-19)10-15(13)18/h2-3,6,9-10,12H,4-5,7-8,11H2,1H3. The van der Waals surface area contributed by atoms with Gasteiger partial charge in [0.05, 0.1) is 5.52 Å². The first-order chi connectivity index (χ1) is 9.26. The van der Waals surface area contributed by atoms with Crippen LogP contribution in [-0.4, -0.2) is 29.6 Å². The predicted molar refractivity (Wildman–Crippen MR) is 77.6 cm³/mol. The summed E-state index contributed by atoms with van der Waals surface area (Å²) >= 11 is 0. The molecule has 1 saturated heterocycles. The number of nitrogens with zero attached hydrogens (tertiary/aromatic N) is 3. The third-order valence-electron chi connectivity index (χ3n) is 4.16. The molecule has 1 aromatic heterocycles. The molecule has 3 rings (SSSR count). The Kier molecular flexibility index (Phi) is 3.34. The average Bonchev–Trinajstić information content (AvgIpc) is 2.84. The average molecular weight is 257 g/mol. The Morgan fingerprint density at radius 2 is 2.05 bits per heavy atom. The van der Waals surface area contributed by atoms with Crippen LogP contribution in [0.4, 0.5) is 5.69 Å². The monoisotopic (exact) mass is 257 g/mol. The third-order valence-corrected chi connectivity index (χ3v) is 4.16. The molecule has 0 radical (unpaired) electrons. The highest BCUT2D eigenvalue weighted by Gasteiger charge is 2.17. The number of rotatable bonds is 3. The molecule has 0 bridgehead atoms. The van der Waals surface area contributed by atoms with Gasteiger partial charge in [-0.15, -0.1) is 4.91 Å². The second kappa shape index (κ2) is 5.13. The van der Waals surface area contributed by atoms with Crippen LogP contribution in [0.25, 0.3) is 10.9 Å². The second-order valence-corrected chi connectivity index (χ2v) is 5.55. The van der Waals surface area contributed by atoms with Gasteiger partial charge in [0, 0.05) is 12.7 Å². The summed E-state index contributed by atoms with van der Waals surface area (Å²) in [5.74, 6) is 0.736. The van der Waals surface area contributed by atoms with Crippen LogP contribution >= 0.6 is 0 Å². The van der Waals surface area contributed by atoms with Crippen LogP contribution in [-0.2, 0) is 6.54 Å². The van der Waals surface area contributed by atoms with Gasteiger partial charge < -0.3 is 9.47 Å². The lowest BCUT2D eigenvalue weighted by atomic mass is 9.97. The molecule has 4 nitrogen and oxygen atoms in total. The molecule has 2 heterocycles. The van der Waals surface area contributed by atoms with E-state index in [1.807, 2.05) is 12.1 Å². The molecule has 1 aromatic carbocycles. The number of benzene rings is 1. The van der Waals surface area contributed by atoms with Gasteiger partial charge in [0.2, 0.25) is 0 Å². The maximum absolute atomic E-state index is 10.6. The van der Waals surface area contributed by atoms with Crippen molar-refractivity contribution in [2.75, 3.05) is 20.1 Å². The predicted octanol–water partition coefficient (Wildman–Crippen LogP) is 3.38. The normalized spacial score (nSPS) is 17.9. The van der Waals surface area contributed by atoms with Crippen molar-refractivity contribution in [2.24, 2.45) is 11.1 Å². The molecular weight excluding hydrogens is 238 g/mol. The Morgan fingerprint density at radius 1 is 1.26 bits per heavy atom. The van der Waals surface area contributed by atoms with E-state index < -0.39 is 0 Å². The number of fused-ring (bicyclic) bond motifs is 1. The largest absolute Gasteiger partial charge is 0.347 e. The van der Waals surface area contributed by atoms with Gasteiger partial charge in [-0.25, -0.2) is 0 Å². The lowest BCUT2D eigenvalue weighted by molar-refractivity contribution is 0.206. The second-order valence-electron chi connectivity index (χ2n) is 5.55. The van der Waals surface area contributed by atoms with Crippen LogP contribution in [0.5, 0.6) is 0 Å². The lowest BCUT2D eigenvalue weighted by Gasteiger charge is -2.29. The van der Waals surface area contributed by atoms with E-state index in [9.17, 15) is 4.91 Å². The first kappa shape index (κ1) is 12.4. The molecule has 100 valence electrons. The molecule has 0 aliphatic carbocycles. The minimum absolute atomic E-state index is 0.510. The van der Waals surface area contributed by atoms with Gasteiger partial charge >= 0.3 is 0 Å². The number of hydrogen-bond donors (Lipinski definition) is 0. The molecule has 0 atom stereocenters. The zero-order valence-corrected chi connectivity index (χ0v) is 11.2. The highest BCUT2D eigenvalue weighted by molar-refractivity contribution is 5.83. The molecule has 0 saturated carbocycles. The fourth-order valence-electron chi connectivity index (χ4n) is 2.91. The SMILES string of the molecule is CN1CCC(Cn2ccc3ccc(N=O)cc32)CC1. The zero-order valence-electron chi connectivity index (χ0n) is 11.2. The minimum atomic E-state index is 0.510. The van der Waals surface area contributed by atoms with E-state index in [4.69, 9.17) is 0 Å². The molecule has 1 aliphatic rings. The van der Waals surface area contributed by atoms with Crippen molar-refractivity contribution >= 4 is 16.6 Å². The smallest absolute Gasteiger partial charge is 0.110 e. The lowest BCUT2D eigenvalue weighted by Crippen LogP contribution is -2.31. The molecule has 0 unspecified atom stereocenters. The fraction of sp³-hybridized carbons (Fsp3) is 0.467. The molecule has 0 spiro atoms. The van der Waals surface area contributed by atoms with Gasteiger partial charge in [-0.2, -0.15) is 0 Å². The topological polar surface area (TPSA) is 37.6 Å². The molecule has 1 fully saturated rings. The Balaban J connectivity index is 1.82. The maximum atomic E-state index is 10.6. The van der Waals surface area contributed by atoms with Gasteiger partial charge in [0.1, 0.15) is 5.69 Å². The summed E-state index contributed by atoms with van der Waals surface area (Å²) in [5, 5.41) is 4.21. The van der Waals surface area contributed by atoms with Crippen molar-refractivity contribution in [1.82, 2.24) is 9.47 Å². The first-order valence-corrected chi connectivity index (χ1v) is 6.87. The molecule has 0 amide bonds. The van der Waals surface area contributed by atoms with E-state index in [1.54, 1.807) is 6.07 Å². The van der Waals surface area contributed by atoms with E-state index in [0.29, 0.717) is 5.69 Å². The van der Waals surface area contributed by atoms with Crippen LogP contribution in [0, 0.1) is 10.8 Å². The molecular formula is C15H19N3O. The minimum Gasteiger partial charge on any atom is -0.347 e. The van der Waals surface area contributed by atoms with Crippen LogP contribution < -0.4 is 0 Å². The van der Waals surface area contributed by atoms with Crippen LogP contribution in [0.3, 0.4) is 0 Å². The van der Waals surface area contributed by atoms with Crippen molar-refractivity contribution in [2.45, 2.75) is 19.4 Å². The molecule has 0 N–H and O–H groups in total. The van der Waals surface area contributed by atoms with Crippen molar-refractivity contribution in [3.8, 4) is 0 Å². The van der Waals surface area contributed by atoms with Gasteiger partial charge in [0.25, 0.3) is 0 Å². The summed E-state index contributed by atoms with van der Waals surface area (Å²) in [4.78, 5) is 13.0. The molecule has 19 heavy (non-hydrogen) atoms. The maximum Gasteiger partial charge on any atom is 0.110 e. The number of nitroso groups, excluding NO2 is 1. The van der Waals surface area contributed by atoms with E-state index >= 15 is 0 Å². The van der Waals surface area contributed by atoms with Crippen molar-refractivity contribution < 1.29 is 0 Å². The Labute approximate surface area is 113 Å². The summed E-state index contributed by atoms with van der Waals surface area (Å²) in [6.07, 6.45) is 4.63. The summed E-state index contributed by atoms with van der Waals surface area (Å²) in [6, 6.07) is 7.74. The Bertz CT molecular complexity index is 582.